The van der Waals surface area contributed by atoms with E-state index in [1.165, 1.54) is 75.3 Å². The van der Waals surface area contributed by atoms with Crippen LogP contribution in [0.5, 0.6) is 0 Å². The molecule has 0 spiro atoms. The van der Waals surface area contributed by atoms with Gasteiger partial charge in [-0.05, 0) is 36.8 Å². The highest BCUT2D eigenvalue weighted by atomic mass is 79.9. The van der Waals surface area contributed by atoms with Crippen LogP contribution in [0, 0.1) is 0 Å². The predicted octanol–water partition coefficient (Wildman–Crippen LogP) is 10.4. The first-order chi connectivity index (χ1) is 20.5. The number of hydrazone groups is 1. The summed E-state index contributed by atoms with van der Waals surface area (Å²) < 4.78 is 0. The largest absolute Gasteiger partial charge is 0.326 e. The van der Waals surface area contributed by atoms with Crippen LogP contribution >= 0.6 is 62.3 Å². The quantitative estimate of drug-likeness (QED) is 0.146. The Bertz CT molecular complexity index is 1320. The number of amidine groups is 1. The van der Waals surface area contributed by atoms with Gasteiger partial charge in [0.15, 0.2) is 10.7 Å². The summed E-state index contributed by atoms with van der Waals surface area (Å²) in [5, 5.41) is 9.07. The second-order valence-corrected chi connectivity index (χ2v) is 13.1. The number of unbranched alkanes of at least 4 members (excludes halogenated alkanes) is 10. The van der Waals surface area contributed by atoms with Crippen molar-refractivity contribution in [3.63, 3.8) is 0 Å². The number of nitrogens with one attached hydrogen (secondary N) is 1. The molecule has 12 heteroatoms. The van der Waals surface area contributed by atoms with E-state index < -0.39 is 16.6 Å². The molecule has 0 saturated heterocycles. The second-order valence-electron chi connectivity index (χ2n) is 10.5. The molecule has 2 aromatic rings. The van der Waals surface area contributed by atoms with Crippen LogP contribution in [0.25, 0.3) is 0 Å². The lowest BCUT2D eigenvalue weighted by Gasteiger charge is -2.23. The number of rotatable bonds is 15. The smallest absolute Gasteiger partial charge is 0.269 e. The van der Waals surface area contributed by atoms with Crippen molar-refractivity contribution in [1.82, 2.24) is 0 Å². The van der Waals surface area contributed by atoms with Crippen molar-refractivity contribution < 1.29 is 14.4 Å². The summed E-state index contributed by atoms with van der Waals surface area (Å²) in [4.78, 5) is 39.0. The molecule has 43 heavy (non-hydrogen) atoms. The number of benzene rings is 2. The molecule has 1 unspecified atom stereocenters. The molecule has 2 aromatic carbocycles. The highest BCUT2D eigenvalue weighted by Crippen LogP contribution is 2.40. The molecule has 1 aliphatic heterocycles. The number of anilines is 3. The average Bonchev–Trinajstić information content (AvgIpc) is 3.21. The van der Waals surface area contributed by atoms with Gasteiger partial charge in [-0.2, -0.15) is 5.01 Å². The lowest BCUT2D eigenvalue weighted by atomic mass is 10.1. The fraction of sp³-hybridized carbons (Fsp3) is 0.484. The summed E-state index contributed by atoms with van der Waals surface area (Å²) in [7, 11) is 0. The van der Waals surface area contributed by atoms with E-state index >= 15 is 0 Å². The van der Waals surface area contributed by atoms with Crippen molar-refractivity contribution in [2.24, 2.45) is 5.10 Å². The minimum absolute atomic E-state index is 0.0610. The van der Waals surface area contributed by atoms with Crippen LogP contribution < -0.4 is 15.2 Å². The standard InChI is InChI=1S/C31H37BrCl4N4O3/c1-3-4-5-6-7-8-9-10-11-12-13-14-27(42)37-22-15-16-23(34)26(19-22)39(20(2)41)30-28(32)31(43)40(38-30)29-24(35)17-21(33)18-25(29)36/h15-19,28H,3-14H2,1-2H3,(H,37,42). The van der Waals surface area contributed by atoms with Gasteiger partial charge in [0.1, 0.15) is 5.69 Å². The third-order valence-corrected chi connectivity index (χ3v) is 8.99. The zero-order valence-corrected chi connectivity index (χ0v) is 29.0. The molecule has 0 aromatic heterocycles. The molecular formula is C31H37BrCl4N4O3. The van der Waals surface area contributed by atoms with Gasteiger partial charge >= 0.3 is 0 Å². The van der Waals surface area contributed by atoms with E-state index in [2.05, 4.69) is 33.3 Å². The molecule has 0 saturated carbocycles. The van der Waals surface area contributed by atoms with Crippen molar-refractivity contribution in [3.05, 3.63) is 50.4 Å². The van der Waals surface area contributed by atoms with Crippen LogP contribution in [-0.2, 0) is 14.4 Å². The number of hydrogen-bond acceptors (Lipinski definition) is 4. The number of carbonyl (C=O) groups is 3. The second kappa shape index (κ2) is 17.6. The number of alkyl halides is 1. The van der Waals surface area contributed by atoms with Gasteiger partial charge in [-0.1, -0.05) is 133 Å². The third-order valence-electron chi connectivity index (χ3n) is 7.07. The highest BCUT2D eigenvalue weighted by Gasteiger charge is 2.41. The number of nitrogens with zero attached hydrogens (tertiary/aromatic N) is 3. The van der Waals surface area contributed by atoms with E-state index in [9.17, 15) is 14.4 Å². The van der Waals surface area contributed by atoms with Gasteiger partial charge < -0.3 is 5.32 Å². The van der Waals surface area contributed by atoms with E-state index in [1.807, 2.05) is 0 Å². The molecule has 3 rings (SSSR count). The lowest BCUT2D eigenvalue weighted by Crippen LogP contribution is -2.41. The Hall–Kier alpha value is -1.84. The minimum atomic E-state index is -1.01. The molecule has 234 valence electrons. The molecule has 1 heterocycles. The maximum atomic E-state index is 13.2. The Morgan fingerprint density at radius 2 is 1.44 bits per heavy atom. The lowest BCUT2D eigenvalue weighted by molar-refractivity contribution is -0.117. The minimum Gasteiger partial charge on any atom is -0.326 e. The van der Waals surface area contributed by atoms with Crippen LogP contribution in [0.4, 0.5) is 17.1 Å². The summed E-state index contributed by atoms with van der Waals surface area (Å²) in [6.45, 7) is 3.56. The predicted molar refractivity (Wildman–Crippen MR) is 183 cm³/mol. The van der Waals surface area contributed by atoms with Crippen LogP contribution in [0.3, 0.4) is 0 Å². The molecule has 1 aliphatic rings. The van der Waals surface area contributed by atoms with Gasteiger partial charge in [-0.3, -0.25) is 19.3 Å². The molecule has 1 atom stereocenters. The number of halogens is 5. The van der Waals surface area contributed by atoms with E-state index in [0.29, 0.717) is 17.1 Å². The van der Waals surface area contributed by atoms with Crippen LogP contribution in [0.2, 0.25) is 20.1 Å². The first kappa shape index (κ1) is 35.6. The van der Waals surface area contributed by atoms with E-state index in [4.69, 9.17) is 46.4 Å². The number of amides is 3. The molecule has 3 amide bonds. The zero-order valence-electron chi connectivity index (χ0n) is 24.4. The Morgan fingerprint density at radius 1 is 0.884 bits per heavy atom. The molecule has 1 N–H and O–H groups in total. The van der Waals surface area contributed by atoms with Crippen molar-refractivity contribution in [2.75, 3.05) is 15.2 Å². The molecule has 7 nitrogen and oxygen atoms in total. The summed E-state index contributed by atoms with van der Waals surface area (Å²) in [5.41, 5.74) is 0.860. The third kappa shape index (κ3) is 10.1. The average molecular weight is 735 g/mol. The normalized spacial score (nSPS) is 14.7. The molecule has 0 bridgehead atoms. The van der Waals surface area contributed by atoms with Crippen molar-refractivity contribution in [3.8, 4) is 0 Å². The Morgan fingerprint density at radius 3 is 2.00 bits per heavy atom. The van der Waals surface area contributed by atoms with Crippen LogP contribution in [0.1, 0.15) is 90.9 Å². The van der Waals surface area contributed by atoms with Crippen molar-refractivity contribution >= 4 is 103 Å². The Labute approximate surface area is 282 Å². The number of carbonyl (C=O) groups excluding carboxylic acids is 3. The molecule has 0 fully saturated rings. The van der Waals surface area contributed by atoms with Gasteiger partial charge in [0.2, 0.25) is 11.8 Å². The van der Waals surface area contributed by atoms with Gasteiger partial charge in [0.25, 0.3) is 5.91 Å². The first-order valence-corrected chi connectivity index (χ1v) is 17.1. The molecule has 0 aliphatic carbocycles. The Balaban J connectivity index is 1.63. The van der Waals surface area contributed by atoms with Crippen LogP contribution in [-0.4, -0.2) is 28.4 Å². The Kier molecular flexibility index (Phi) is 14.6. The maximum Gasteiger partial charge on any atom is 0.269 e. The fourth-order valence-electron chi connectivity index (χ4n) is 4.86. The topological polar surface area (TPSA) is 82.1 Å². The zero-order chi connectivity index (χ0) is 31.5. The van der Waals surface area contributed by atoms with Gasteiger partial charge in [0, 0.05) is 24.1 Å². The summed E-state index contributed by atoms with van der Waals surface area (Å²) in [6, 6.07) is 7.71. The first-order valence-electron chi connectivity index (χ1n) is 14.7. The van der Waals surface area contributed by atoms with E-state index in [-0.39, 0.29) is 38.2 Å². The monoisotopic (exact) mass is 732 g/mol. The fourth-order valence-corrected chi connectivity index (χ4v) is 6.53. The maximum absolute atomic E-state index is 13.2. The van der Waals surface area contributed by atoms with Crippen LogP contribution in [0.15, 0.2) is 35.4 Å². The van der Waals surface area contributed by atoms with Gasteiger partial charge in [-0.15, -0.1) is 5.10 Å². The molecular weight excluding hydrogens is 698 g/mol. The number of hydrogen-bond donors (Lipinski definition) is 1. The summed E-state index contributed by atoms with van der Waals surface area (Å²) in [5.74, 6) is -1.02. The van der Waals surface area contributed by atoms with E-state index in [1.54, 1.807) is 18.2 Å². The van der Waals surface area contributed by atoms with Crippen molar-refractivity contribution in [2.45, 2.75) is 95.7 Å². The van der Waals surface area contributed by atoms with Crippen molar-refractivity contribution in [1.29, 1.82) is 0 Å². The summed E-state index contributed by atoms with van der Waals surface area (Å²) in [6.07, 6.45) is 13.7. The SMILES string of the molecule is CCCCCCCCCCCCCC(=O)Nc1ccc(Cl)c(N(C(C)=O)C2=NN(c3c(Cl)cc(Cl)cc3Cl)C(=O)C2Br)c1. The van der Waals surface area contributed by atoms with Gasteiger partial charge in [0.05, 0.1) is 20.8 Å². The summed E-state index contributed by atoms with van der Waals surface area (Å²) >= 11 is 28.5. The molecule has 0 radical (unpaired) electrons. The van der Waals surface area contributed by atoms with E-state index in [0.717, 1.165) is 24.3 Å². The highest BCUT2D eigenvalue weighted by molar-refractivity contribution is 9.10. The van der Waals surface area contributed by atoms with Gasteiger partial charge in [-0.25, -0.2) is 0 Å².